The van der Waals surface area contributed by atoms with Crippen molar-refractivity contribution in [3.63, 3.8) is 0 Å². The molecular formula is C19H23NO4. The van der Waals surface area contributed by atoms with Gasteiger partial charge in [-0.1, -0.05) is 12.1 Å². The second-order valence-corrected chi connectivity index (χ2v) is 5.05. The van der Waals surface area contributed by atoms with Crippen LogP contribution in [0.5, 0.6) is 17.2 Å². The number of ether oxygens (including phenoxy) is 3. The third-order valence-electron chi connectivity index (χ3n) is 3.33. The van der Waals surface area contributed by atoms with Gasteiger partial charge in [-0.05, 0) is 32.9 Å². The Morgan fingerprint density at radius 2 is 1.50 bits per heavy atom. The lowest BCUT2D eigenvalue weighted by atomic mass is 10.0. The molecule has 0 fully saturated rings. The standard InChI is InChI=1S/C19H23NO4/c1-4-22-15-11-16(23-5-2)18(17(12-15)24-6-3)19(21)13-8-7-9-14(20)10-13/h7-12H,4-6,20H2,1-3H3. The van der Waals surface area contributed by atoms with Gasteiger partial charge in [0.05, 0.1) is 19.8 Å². The lowest BCUT2D eigenvalue weighted by molar-refractivity contribution is 0.103. The summed E-state index contributed by atoms with van der Waals surface area (Å²) < 4.78 is 16.9. The first-order valence-electron chi connectivity index (χ1n) is 8.07. The fraction of sp³-hybridized carbons (Fsp3) is 0.316. The lowest BCUT2D eigenvalue weighted by Gasteiger charge is -2.17. The molecule has 2 aromatic carbocycles. The predicted octanol–water partition coefficient (Wildman–Crippen LogP) is 3.70. The van der Waals surface area contributed by atoms with Crippen molar-refractivity contribution in [1.82, 2.24) is 0 Å². The minimum Gasteiger partial charge on any atom is -0.494 e. The normalized spacial score (nSPS) is 10.3. The summed E-state index contributed by atoms with van der Waals surface area (Å²) in [6.45, 7) is 6.99. The maximum atomic E-state index is 13.0. The maximum Gasteiger partial charge on any atom is 0.200 e. The molecular weight excluding hydrogens is 306 g/mol. The number of nitrogens with two attached hydrogens (primary N) is 1. The first kappa shape index (κ1) is 17.7. The molecule has 0 aliphatic heterocycles. The lowest BCUT2D eigenvalue weighted by Crippen LogP contribution is -2.10. The van der Waals surface area contributed by atoms with Crippen LogP contribution in [0.25, 0.3) is 0 Å². The van der Waals surface area contributed by atoms with E-state index < -0.39 is 0 Å². The van der Waals surface area contributed by atoms with Crippen LogP contribution in [0.4, 0.5) is 5.69 Å². The van der Waals surface area contributed by atoms with E-state index in [-0.39, 0.29) is 5.78 Å². The molecule has 0 aliphatic rings. The molecule has 2 aromatic rings. The largest absolute Gasteiger partial charge is 0.494 e. The minimum absolute atomic E-state index is 0.197. The van der Waals surface area contributed by atoms with Crippen LogP contribution in [0.3, 0.4) is 0 Å². The Labute approximate surface area is 142 Å². The van der Waals surface area contributed by atoms with E-state index in [1.807, 2.05) is 20.8 Å². The molecule has 0 unspecified atom stereocenters. The smallest absolute Gasteiger partial charge is 0.200 e. The SMILES string of the molecule is CCOc1cc(OCC)c(C(=O)c2cccc(N)c2)c(OCC)c1. The van der Waals surface area contributed by atoms with Crippen LogP contribution < -0.4 is 19.9 Å². The Kier molecular flexibility index (Phi) is 6.07. The van der Waals surface area contributed by atoms with Gasteiger partial charge in [0.1, 0.15) is 22.8 Å². The Morgan fingerprint density at radius 3 is 2.00 bits per heavy atom. The highest BCUT2D eigenvalue weighted by atomic mass is 16.5. The number of carbonyl (C=O) groups excluding carboxylic acids is 1. The van der Waals surface area contributed by atoms with Crippen molar-refractivity contribution in [2.24, 2.45) is 0 Å². The molecule has 2 rings (SSSR count). The van der Waals surface area contributed by atoms with Crippen molar-refractivity contribution in [3.8, 4) is 17.2 Å². The molecule has 0 saturated carbocycles. The zero-order chi connectivity index (χ0) is 17.5. The quantitative estimate of drug-likeness (QED) is 0.591. The van der Waals surface area contributed by atoms with Crippen LogP contribution >= 0.6 is 0 Å². The molecule has 0 bridgehead atoms. The second kappa shape index (κ2) is 8.24. The van der Waals surface area contributed by atoms with E-state index in [4.69, 9.17) is 19.9 Å². The van der Waals surface area contributed by atoms with Gasteiger partial charge in [-0.15, -0.1) is 0 Å². The van der Waals surface area contributed by atoms with E-state index >= 15 is 0 Å². The van der Waals surface area contributed by atoms with Crippen LogP contribution in [0.15, 0.2) is 36.4 Å². The maximum absolute atomic E-state index is 13.0. The van der Waals surface area contributed by atoms with Crippen LogP contribution in [0, 0.1) is 0 Å². The number of rotatable bonds is 8. The second-order valence-electron chi connectivity index (χ2n) is 5.05. The molecule has 0 radical (unpaired) electrons. The summed E-state index contributed by atoms with van der Waals surface area (Å²) in [5.41, 5.74) is 7.20. The summed E-state index contributed by atoms with van der Waals surface area (Å²) in [7, 11) is 0. The van der Waals surface area contributed by atoms with Crippen molar-refractivity contribution in [1.29, 1.82) is 0 Å². The van der Waals surface area contributed by atoms with Gasteiger partial charge in [0.15, 0.2) is 0 Å². The molecule has 0 heterocycles. The zero-order valence-corrected chi connectivity index (χ0v) is 14.3. The van der Waals surface area contributed by atoms with Crippen molar-refractivity contribution in [2.45, 2.75) is 20.8 Å². The summed E-state index contributed by atoms with van der Waals surface area (Å²) in [5.74, 6) is 1.30. The van der Waals surface area contributed by atoms with Gasteiger partial charge in [-0.2, -0.15) is 0 Å². The average molecular weight is 329 g/mol. The van der Waals surface area contributed by atoms with E-state index in [0.717, 1.165) is 0 Å². The van der Waals surface area contributed by atoms with Crippen molar-refractivity contribution in [3.05, 3.63) is 47.5 Å². The highest BCUT2D eigenvalue weighted by Gasteiger charge is 2.22. The summed E-state index contributed by atoms with van der Waals surface area (Å²) in [4.78, 5) is 13.0. The Hall–Kier alpha value is -2.69. The monoisotopic (exact) mass is 329 g/mol. The van der Waals surface area contributed by atoms with E-state index in [0.29, 0.717) is 53.9 Å². The van der Waals surface area contributed by atoms with Gasteiger partial charge in [-0.3, -0.25) is 4.79 Å². The van der Waals surface area contributed by atoms with Crippen LogP contribution in [-0.2, 0) is 0 Å². The molecule has 0 aromatic heterocycles. The van der Waals surface area contributed by atoms with Crippen molar-refractivity contribution >= 4 is 11.5 Å². The van der Waals surface area contributed by atoms with Crippen LogP contribution in [0.1, 0.15) is 36.7 Å². The van der Waals surface area contributed by atoms with E-state index in [1.165, 1.54) is 0 Å². The first-order chi connectivity index (χ1) is 11.6. The topological polar surface area (TPSA) is 70.8 Å². The van der Waals surface area contributed by atoms with E-state index in [9.17, 15) is 4.79 Å². The number of nitrogen functional groups attached to an aromatic ring is 1. The van der Waals surface area contributed by atoms with Gasteiger partial charge in [0, 0.05) is 23.4 Å². The average Bonchev–Trinajstić information content (AvgIpc) is 2.55. The molecule has 2 N–H and O–H groups in total. The minimum atomic E-state index is -0.197. The number of hydrogen-bond acceptors (Lipinski definition) is 5. The van der Waals surface area contributed by atoms with Gasteiger partial charge >= 0.3 is 0 Å². The number of benzene rings is 2. The molecule has 0 amide bonds. The molecule has 0 atom stereocenters. The van der Waals surface area contributed by atoms with Gasteiger partial charge < -0.3 is 19.9 Å². The molecule has 0 aliphatic carbocycles. The molecule has 5 heteroatoms. The fourth-order valence-corrected chi connectivity index (χ4v) is 2.40. The number of hydrogen-bond donors (Lipinski definition) is 1. The van der Waals surface area contributed by atoms with Crippen LogP contribution in [-0.4, -0.2) is 25.6 Å². The summed E-state index contributed by atoms with van der Waals surface area (Å²) in [6, 6.07) is 10.3. The Bertz CT molecular complexity index is 685. The highest BCUT2D eigenvalue weighted by molar-refractivity contribution is 6.13. The van der Waals surface area contributed by atoms with Crippen LogP contribution in [0.2, 0.25) is 0 Å². The van der Waals surface area contributed by atoms with E-state index in [2.05, 4.69) is 0 Å². The highest BCUT2D eigenvalue weighted by Crippen LogP contribution is 2.36. The number of carbonyl (C=O) groups is 1. The first-order valence-corrected chi connectivity index (χ1v) is 8.07. The van der Waals surface area contributed by atoms with Crippen molar-refractivity contribution < 1.29 is 19.0 Å². The number of anilines is 1. The molecule has 0 saturated heterocycles. The molecule has 128 valence electrons. The fourth-order valence-electron chi connectivity index (χ4n) is 2.40. The van der Waals surface area contributed by atoms with Gasteiger partial charge in [0.25, 0.3) is 0 Å². The molecule has 5 nitrogen and oxygen atoms in total. The third kappa shape index (κ3) is 3.98. The van der Waals surface area contributed by atoms with E-state index in [1.54, 1.807) is 36.4 Å². The van der Waals surface area contributed by atoms with Crippen molar-refractivity contribution in [2.75, 3.05) is 25.6 Å². The predicted molar refractivity (Wildman–Crippen MR) is 94.2 cm³/mol. The molecule has 0 spiro atoms. The Balaban J connectivity index is 2.57. The summed E-state index contributed by atoms with van der Waals surface area (Å²) >= 11 is 0. The number of ketones is 1. The zero-order valence-electron chi connectivity index (χ0n) is 14.3. The summed E-state index contributed by atoms with van der Waals surface area (Å²) in [6.07, 6.45) is 0. The third-order valence-corrected chi connectivity index (χ3v) is 3.33. The Morgan fingerprint density at radius 1 is 0.917 bits per heavy atom. The molecule has 24 heavy (non-hydrogen) atoms. The van der Waals surface area contributed by atoms with Gasteiger partial charge in [-0.25, -0.2) is 0 Å². The van der Waals surface area contributed by atoms with Gasteiger partial charge in [0.2, 0.25) is 5.78 Å². The summed E-state index contributed by atoms with van der Waals surface area (Å²) in [5, 5.41) is 0.